The van der Waals surface area contributed by atoms with Crippen LogP contribution in [0.5, 0.6) is 0 Å². The average Bonchev–Trinajstić information content (AvgIpc) is 3.27. The van der Waals surface area contributed by atoms with Crippen molar-refractivity contribution in [2.75, 3.05) is 26.4 Å². The van der Waals surface area contributed by atoms with Crippen molar-refractivity contribution in [3.8, 4) is 0 Å². The van der Waals surface area contributed by atoms with Gasteiger partial charge in [-0.25, -0.2) is 0 Å². The van der Waals surface area contributed by atoms with Gasteiger partial charge >= 0.3 is 5.97 Å². The summed E-state index contributed by atoms with van der Waals surface area (Å²) in [6, 6.07) is 0. The van der Waals surface area contributed by atoms with Gasteiger partial charge in [-0.05, 0) is 81.0 Å². The number of carbonyl (C=O) groups excluding carboxylic acids is 1. The molecule has 1 aliphatic heterocycles. The highest BCUT2D eigenvalue weighted by atomic mass is 16.7. The highest BCUT2D eigenvalue weighted by Crippen LogP contribution is 2.67. The fourth-order valence-electron chi connectivity index (χ4n) is 11.0. The maximum atomic E-state index is 14.0. The second-order valence-electron chi connectivity index (χ2n) is 19.3. The third-order valence-corrected chi connectivity index (χ3v) is 14.5. The maximum absolute atomic E-state index is 14.0. The lowest BCUT2D eigenvalue weighted by molar-refractivity contribution is -0.296. The number of hydrogen-bond acceptors (Lipinski definition) is 23. The van der Waals surface area contributed by atoms with Crippen molar-refractivity contribution in [1.82, 2.24) is 0 Å². The zero-order valence-corrected chi connectivity index (χ0v) is 38.7. The molecule has 0 bridgehead atoms. The highest BCUT2D eigenvalue weighted by molar-refractivity contribution is 5.77. The van der Waals surface area contributed by atoms with E-state index in [1.807, 2.05) is 0 Å². The lowest BCUT2D eigenvalue weighted by Gasteiger charge is -2.63. The van der Waals surface area contributed by atoms with E-state index >= 15 is 0 Å². The van der Waals surface area contributed by atoms with Crippen LogP contribution in [0.2, 0.25) is 0 Å². The number of rotatable bonds is 21. The predicted octanol–water partition coefficient (Wildman–Crippen LogP) is -0.841. The number of hydrogen-bond donors (Lipinski definition) is 17. The molecule has 392 valence electrons. The van der Waals surface area contributed by atoms with Crippen LogP contribution in [0.25, 0.3) is 0 Å². The standard InChI is InChI=1S/C45H74O23/c1-21-18-22(6-7-27-43(2,19-21)14-8-28-44(27,3)12-5-13-45(28,4)42(63)68-39(61)34(58)30(54)24(51)10-16-47)64-40(62)37(66-38(60)33(57)29(53)23(50)9-15-46)36(25(52)11-17-48)67-41-35(59)32(56)31(55)26(20-49)65-41/h22-28,31-32,35,38-41,46-62H,1,5-20H2,2-4H3/b33-29+,34-30-,37-36-/t22?,23?,24?,25?,26?,27-,28?,31?,32?,35?,38?,39?,40?,41?,43-,44+,45-/m1/s1. The Morgan fingerprint density at radius 1 is 0.676 bits per heavy atom. The van der Waals surface area contributed by atoms with Crippen LogP contribution in [-0.4, -0.2) is 193 Å². The van der Waals surface area contributed by atoms with Crippen LogP contribution in [0.15, 0.2) is 46.7 Å². The fourth-order valence-corrected chi connectivity index (χ4v) is 11.0. The molecule has 1 heterocycles. The Hall–Kier alpha value is -3.37. The molecule has 0 aromatic rings. The zero-order chi connectivity index (χ0) is 51.1. The summed E-state index contributed by atoms with van der Waals surface area (Å²) in [6.45, 7) is 7.39. The van der Waals surface area contributed by atoms with Gasteiger partial charge in [-0.1, -0.05) is 32.4 Å². The van der Waals surface area contributed by atoms with Crippen LogP contribution in [0.1, 0.15) is 97.8 Å². The Morgan fingerprint density at radius 2 is 1.24 bits per heavy atom. The van der Waals surface area contributed by atoms with Gasteiger partial charge < -0.3 is 110 Å². The fraction of sp³-hybridized carbons (Fsp3) is 0.800. The second kappa shape index (κ2) is 24.2. The van der Waals surface area contributed by atoms with Crippen LogP contribution >= 0.6 is 0 Å². The topological polar surface area (TPSA) is 407 Å². The van der Waals surface area contributed by atoms with Crippen LogP contribution in [-0.2, 0) is 28.5 Å². The van der Waals surface area contributed by atoms with Gasteiger partial charge in [0.1, 0.15) is 42.7 Å². The lowest BCUT2D eigenvalue weighted by atomic mass is 9.41. The van der Waals surface area contributed by atoms with Crippen LogP contribution in [0, 0.1) is 28.1 Å². The number of esters is 1. The number of aliphatic hydroxyl groups excluding tert-OH is 17. The molecule has 17 N–H and O–H groups in total. The molecule has 23 heteroatoms. The van der Waals surface area contributed by atoms with Crippen molar-refractivity contribution in [2.24, 2.45) is 28.1 Å². The summed E-state index contributed by atoms with van der Waals surface area (Å²) >= 11 is 0. The van der Waals surface area contributed by atoms with Gasteiger partial charge in [0.15, 0.2) is 23.0 Å². The monoisotopic (exact) mass is 982 g/mol. The summed E-state index contributed by atoms with van der Waals surface area (Å²) in [5.41, 5.74) is -1.45. The quantitative estimate of drug-likeness (QED) is 0.0288. The molecule has 0 amide bonds. The molecule has 17 atom stereocenters. The minimum absolute atomic E-state index is 0.134. The van der Waals surface area contributed by atoms with E-state index in [0.29, 0.717) is 50.5 Å². The normalized spacial score (nSPS) is 36.1. The number of ether oxygens (including phenoxy) is 5. The van der Waals surface area contributed by atoms with Crippen LogP contribution < -0.4 is 0 Å². The van der Waals surface area contributed by atoms with Gasteiger partial charge in [0.05, 0.1) is 18.1 Å². The van der Waals surface area contributed by atoms with E-state index in [1.54, 1.807) is 6.92 Å². The van der Waals surface area contributed by atoms with Crippen LogP contribution in [0.3, 0.4) is 0 Å². The third kappa shape index (κ3) is 12.6. The summed E-state index contributed by atoms with van der Waals surface area (Å²) in [6.07, 6.45) is -20.9. The number of aliphatic hydroxyl groups is 17. The molecule has 13 unspecified atom stereocenters. The Kier molecular flexibility index (Phi) is 20.3. The third-order valence-electron chi connectivity index (χ3n) is 14.5. The summed E-state index contributed by atoms with van der Waals surface area (Å²) in [5, 5.41) is 176. The van der Waals surface area contributed by atoms with E-state index in [2.05, 4.69) is 20.4 Å². The van der Waals surface area contributed by atoms with Crippen molar-refractivity contribution >= 4 is 5.97 Å². The van der Waals surface area contributed by atoms with Crippen molar-refractivity contribution in [3.05, 3.63) is 46.7 Å². The lowest BCUT2D eigenvalue weighted by Crippen LogP contribution is -2.59. The van der Waals surface area contributed by atoms with Gasteiger partial charge in [-0.15, -0.1) is 0 Å². The smallest absolute Gasteiger partial charge is 0.314 e. The Balaban J connectivity index is 1.70. The molecule has 3 aliphatic carbocycles. The molecular weight excluding hydrogens is 908 g/mol. The summed E-state index contributed by atoms with van der Waals surface area (Å²) in [5.74, 6) is -8.20. The van der Waals surface area contributed by atoms with E-state index in [4.69, 9.17) is 28.8 Å². The zero-order valence-electron chi connectivity index (χ0n) is 38.7. The van der Waals surface area contributed by atoms with E-state index in [-0.39, 0.29) is 36.5 Å². The average molecular weight is 983 g/mol. The Labute approximate surface area is 393 Å². The molecular formula is C45H74O23. The van der Waals surface area contributed by atoms with Gasteiger partial charge in [0.2, 0.25) is 24.1 Å². The molecule has 23 nitrogen and oxygen atoms in total. The maximum Gasteiger partial charge on any atom is 0.314 e. The minimum Gasteiger partial charge on any atom is -0.506 e. The second-order valence-corrected chi connectivity index (χ2v) is 19.3. The van der Waals surface area contributed by atoms with Gasteiger partial charge in [-0.2, -0.15) is 0 Å². The van der Waals surface area contributed by atoms with Gasteiger partial charge in [-0.3, -0.25) is 4.79 Å². The minimum atomic E-state index is -2.67. The summed E-state index contributed by atoms with van der Waals surface area (Å²) in [7, 11) is 0. The van der Waals surface area contributed by atoms with Crippen molar-refractivity contribution in [2.45, 2.75) is 172 Å². The van der Waals surface area contributed by atoms with Gasteiger partial charge in [0, 0.05) is 39.1 Å². The first kappa shape index (κ1) is 57.2. The molecule has 0 spiro atoms. The first-order valence-electron chi connectivity index (χ1n) is 22.9. The predicted molar refractivity (Wildman–Crippen MR) is 232 cm³/mol. The summed E-state index contributed by atoms with van der Waals surface area (Å²) < 4.78 is 28.1. The number of fused-ring (bicyclic) bond motifs is 3. The highest BCUT2D eigenvalue weighted by Gasteiger charge is 2.62. The summed E-state index contributed by atoms with van der Waals surface area (Å²) in [4.78, 5) is 14.0. The van der Waals surface area contributed by atoms with Crippen LogP contribution in [0.4, 0.5) is 0 Å². The molecule has 0 radical (unpaired) electrons. The number of carbonyl (C=O) groups is 1. The van der Waals surface area contributed by atoms with E-state index < -0.39 is 165 Å². The first-order valence-corrected chi connectivity index (χ1v) is 22.9. The Morgan fingerprint density at radius 3 is 1.79 bits per heavy atom. The molecule has 3 saturated carbocycles. The van der Waals surface area contributed by atoms with Crippen molar-refractivity contribution in [3.63, 3.8) is 0 Å². The van der Waals surface area contributed by atoms with E-state index in [0.717, 1.165) is 0 Å². The molecule has 4 fully saturated rings. The largest absolute Gasteiger partial charge is 0.506 e. The SMILES string of the molecule is C=C1CC(OC(O)/C(OC(O)/C(O)=C(\O)C(O)CCO)=C(/OC2OC(CO)C(O)C(O)C2O)C(O)CCO)CC[C@@H]2[C@](C)(CCC3[C@](C)(C(=O)OC(O)/C(O)=C(/O)C(O)CCO)CCC[C@]32C)C1. The Bertz CT molecular complexity index is 1790. The first-order chi connectivity index (χ1) is 31.8. The molecule has 4 rings (SSSR count). The van der Waals surface area contributed by atoms with E-state index in [1.165, 1.54) is 0 Å². The molecule has 0 aromatic heterocycles. The van der Waals surface area contributed by atoms with E-state index in [9.17, 15) is 86.5 Å². The van der Waals surface area contributed by atoms with Crippen molar-refractivity contribution in [1.29, 1.82) is 0 Å². The molecule has 68 heavy (non-hydrogen) atoms. The van der Waals surface area contributed by atoms with Crippen molar-refractivity contribution < 1.29 is 115 Å². The van der Waals surface area contributed by atoms with Gasteiger partial charge in [0.25, 0.3) is 12.6 Å². The molecule has 4 aliphatic rings. The molecule has 1 saturated heterocycles. The molecule has 0 aromatic carbocycles.